The molecule has 0 aromatic carbocycles. The van der Waals surface area contributed by atoms with Gasteiger partial charge in [-0.3, -0.25) is 4.84 Å². The largest absolute Gasteiger partial charge is 0.389 e. The molecule has 0 unspecified atom stereocenters. The Balaban J connectivity index is 1.95. The van der Waals surface area contributed by atoms with E-state index in [1.165, 1.54) is 0 Å². The molecular formula is C8H10ClNO2S. The van der Waals surface area contributed by atoms with Crippen LogP contribution < -0.4 is 0 Å². The number of rotatable bonds is 2. The predicted molar refractivity (Wildman–Crippen MR) is 51.7 cm³/mol. The minimum atomic E-state index is -0.362. The smallest absolute Gasteiger partial charge is 0.0958 e. The quantitative estimate of drug-likeness (QED) is 0.819. The molecule has 0 radical (unpaired) electrons. The van der Waals surface area contributed by atoms with Gasteiger partial charge in [-0.2, -0.15) is 5.06 Å². The molecule has 0 aliphatic carbocycles. The third-order valence-corrected chi connectivity index (χ3v) is 3.25. The van der Waals surface area contributed by atoms with Crippen molar-refractivity contribution < 1.29 is 9.94 Å². The van der Waals surface area contributed by atoms with Gasteiger partial charge in [-0.1, -0.05) is 11.6 Å². The molecule has 0 bridgehead atoms. The summed E-state index contributed by atoms with van der Waals surface area (Å²) in [5.41, 5.74) is 0. The van der Waals surface area contributed by atoms with Crippen molar-refractivity contribution in [2.45, 2.75) is 12.6 Å². The van der Waals surface area contributed by atoms with E-state index in [0.717, 1.165) is 9.90 Å². The summed E-state index contributed by atoms with van der Waals surface area (Å²) >= 11 is 7.52. The Morgan fingerprint density at radius 2 is 2.62 bits per heavy atom. The topological polar surface area (TPSA) is 32.7 Å². The first kappa shape index (κ1) is 9.43. The summed E-state index contributed by atoms with van der Waals surface area (Å²) in [5.74, 6) is 0. The molecule has 1 atom stereocenters. The molecule has 72 valence electrons. The summed E-state index contributed by atoms with van der Waals surface area (Å²) in [4.78, 5) is 6.30. The monoisotopic (exact) mass is 219 g/mol. The number of aliphatic hydroxyl groups excluding tert-OH is 1. The van der Waals surface area contributed by atoms with Gasteiger partial charge in [0.2, 0.25) is 0 Å². The molecule has 1 aromatic rings. The Hall–Kier alpha value is -0.130. The van der Waals surface area contributed by atoms with Crippen LogP contribution in [0.4, 0.5) is 0 Å². The van der Waals surface area contributed by atoms with Gasteiger partial charge in [0.25, 0.3) is 0 Å². The van der Waals surface area contributed by atoms with E-state index in [-0.39, 0.29) is 6.10 Å². The maximum absolute atomic E-state index is 9.20. The van der Waals surface area contributed by atoms with Crippen molar-refractivity contribution in [1.29, 1.82) is 0 Å². The highest BCUT2D eigenvalue weighted by Gasteiger charge is 2.22. The van der Waals surface area contributed by atoms with Gasteiger partial charge in [0.15, 0.2) is 0 Å². The van der Waals surface area contributed by atoms with E-state index in [1.54, 1.807) is 16.4 Å². The Labute approximate surface area is 85.5 Å². The van der Waals surface area contributed by atoms with Gasteiger partial charge >= 0.3 is 0 Å². The number of aliphatic hydroxyl groups is 1. The number of thiophene rings is 1. The lowest BCUT2D eigenvalue weighted by molar-refractivity contribution is -0.117. The number of nitrogens with zero attached hydrogens (tertiary/aromatic N) is 1. The van der Waals surface area contributed by atoms with Crippen LogP contribution >= 0.6 is 22.9 Å². The van der Waals surface area contributed by atoms with Crippen LogP contribution in [0.2, 0.25) is 5.02 Å². The molecule has 1 aromatic heterocycles. The molecule has 2 rings (SSSR count). The van der Waals surface area contributed by atoms with Crippen LogP contribution in [0.5, 0.6) is 0 Å². The predicted octanol–water partition coefficient (Wildman–Crippen LogP) is 1.51. The summed E-state index contributed by atoms with van der Waals surface area (Å²) in [6, 6.07) is 1.87. The SMILES string of the molecule is O[C@@H]1CON(Cc2sccc2Cl)C1. The van der Waals surface area contributed by atoms with E-state index in [0.29, 0.717) is 19.7 Å². The van der Waals surface area contributed by atoms with Gasteiger partial charge in [0.05, 0.1) is 30.8 Å². The fourth-order valence-electron chi connectivity index (χ4n) is 1.24. The molecule has 1 aliphatic rings. The van der Waals surface area contributed by atoms with E-state index >= 15 is 0 Å². The van der Waals surface area contributed by atoms with E-state index in [9.17, 15) is 5.11 Å². The first-order valence-electron chi connectivity index (χ1n) is 4.03. The molecule has 2 heterocycles. The molecular weight excluding hydrogens is 210 g/mol. The van der Waals surface area contributed by atoms with Gasteiger partial charge in [0, 0.05) is 4.88 Å². The number of hydroxylamine groups is 2. The highest BCUT2D eigenvalue weighted by atomic mass is 35.5. The van der Waals surface area contributed by atoms with Crippen LogP contribution in [0.15, 0.2) is 11.4 Å². The van der Waals surface area contributed by atoms with E-state index in [4.69, 9.17) is 16.4 Å². The molecule has 0 amide bonds. The summed E-state index contributed by atoms with van der Waals surface area (Å²) in [5, 5.41) is 13.7. The summed E-state index contributed by atoms with van der Waals surface area (Å²) in [7, 11) is 0. The van der Waals surface area contributed by atoms with E-state index < -0.39 is 0 Å². The van der Waals surface area contributed by atoms with Crippen molar-refractivity contribution >= 4 is 22.9 Å². The molecule has 1 saturated heterocycles. The number of hydrogen-bond acceptors (Lipinski definition) is 4. The number of β-amino-alcohol motifs (C(OH)–C–C–N with tert-alkyl or cyclic N) is 1. The molecule has 0 spiro atoms. The molecule has 13 heavy (non-hydrogen) atoms. The molecule has 5 heteroatoms. The summed E-state index contributed by atoms with van der Waals surface area (Å²) in [6.45, 7) is 1.62. The van der Waals surface area contributed by atoms with Crippen LogP contribution in [0, 0.1) is 0 Å². The molecule has 1 aliphatic heterocycles. The molecule has 1 fully saturated rings. The molecule has 0 saturated carbocycles. The van der Waals surface area contributed by atoms with Crippen molar-refractivity contribution in [2.24, 2.45) is 0 Å². The third kappa shape index (κ3) is 2.21. The second kappa shape index (κ2) is 3.94. The maximum Gasteiger partial charge on any atom is 0.0958 e. The summed E-state index contributed by atoms with van der Waals surface area (Å²) in [6.07, 6.45) is -0.362. The van der Waals surface area contributed by atoms with Gasteiger partial charge in [-0.05, 0) is 11.4 Å². The third-order valence-electron chi connectivity index (χ3n) is 1.87. The van der Waals surface area contributed by atoms with Crippen LogP contribution in [-0.2, 0) is 11.4 Å². The van der Waals surface area contributed by atoms with Crippen molar-refractivity contribution in [3.63, 3.8) is 0 Å². The standard InChI is InChI=1S/C8H10ClNO2S/c9-7-1-2-13-8(7)4-10-3-6(11)5-12-10/h1-2,6,11H,3-5H2/t6-/m0/s1. The Kier molecular flexibility index (Phi) is 2.86. The summed E-state index contributed by atoms with van der Waals surface area (Å²) < 4.78 is 0. The average Bonchev–Trinajstić information content (AvgIpc) is 2.64. The zero-order valence-electron chi connectivity index (χ0n) is 6.94. The Bertz CT molecular complexity index is 291. The van der Waals surface area contributed by atoms with Gasteiger partial charge < -0.3 is 5.11 Å². The van der Waals surface area contributed by atoms with Crippen LogP contribution in [-0.4, -0.2) is 29.4 Å². The van der Waals surface area contributed by atoms with Crippen LogP contribution in [0.3, 0.4) is 0 Å². The fraction of sp³-hybridized carbons (Fsp3) is 0.500. The minimum Gasteiger partial charge on any atom is -0.389 e. The molecule has 1 N–H and O–H groups in total. The average molecular weight is 220 g/mol. The lowest BCUT2D eigenvalue weighted by Gasteiger charge is -2.11. The zero-order valence-corrected chi connectivity index (χ0v) is 8.51. The highest BCUT2D eigenvalue weighted by molar-refractivity contribution is 7.10. The lowest BCUT2D eigenvalue weighted by Crippen LogP contribution is -2.20. The number of hydrogen-bond donors (Lipinski definition) is 1. The number of halogens is 1. The second-order valence-electron chi connectivity index (χ2n) is 2.96. The molecule has 3 nitrogen and oxygen atoms in total. The van der Waals surface area contributed by atoms with Crippen LogP contribution in [0.25, 0.3) is 0 Å². The normalized spacial score (nSPS) is 24.0. The van der Waals surface area contributed by atoms with Crippen molar-refractivity contribution in [3.8, 4) is 0 Å². The van der Waals surface area contributed by atoms with E-state index in [2.05, 4.69) is 0 Å². The zero-order chi connectivity index (χ0) is 9.26. The van der Waals surface area contributed by atoms with Gasteiger partial charge in [-0.25, -0.2) is 0 Å². The first-order valence-corrected chi connectivity index (χ1v) is 5.29. The minimum absolute atomic E-state index is 0.362. The van der Waals surface area contributed by atoms with Crippen molar-refractivity contribution in [1.82, 2.24) is 5.06 Å². The lowest BCUT2D eigenvalue weighted by atomic mass is 10.4. The fourth-order valence-corrected chi connectivity index (χ4v) is 2.34. The second-order valence-corrected chi connectivity index (χ2v) is 4.37. The van der Waals surface area contributed by atoms with Crippen molar-refractivity contribution in [3.05, 3.63) is 21.3 Å². The highest BCUT2D eigenvalue weighted by Crippen LogP contribution is 2.24. The van der Waals surface area contributed by atoms with E-state index in [1.807, 2.05) is 11.4 Å². The van der Waals surface area contributed by atoms with Gasteiger partial charge in [-0.15, -0.1) is 11.3 Å². The van der Waals surface area contributed by atoms with Crippen molar-refractivity contribution in [2.75, 3.05) is 13.2 Å². The first-order chi connectivity index (χ1) is 6.25. The maximum atomic E-state index is 9.20. The van der Waals surface area contributed by atoms with Crippen LogP contribution in [0.1, 0.15) is 4.88 Å². The van der Waals surface area contributed by atoms with Gasteiger partial charge in [0.1, 0.15) is 0 Å². The Morgan fingerprint density at radius 1 is 1.77 bits per heavy atom. The Morgan fingerprint density at radius 3 is 3.15 bits per heavy atom.